The molecular weight excluding hydrogens is 330 g/mol. The molecule has 0 aliphatic rings. The summed E-state index contributed by atoms with van der Waals surface area (Å²) < 4.78 is 6.43. The molecule has 0 aromatic heterocycles. The lowest BCUT2D eigenvalue weighted by Gasteiger charge is -2.21. The van der Waals surface area contributed by atoms with Crippen LogP contribution in [0.4, 0.5) is 0 Å². The fourth-order valence-electron chi connectivity index (χ4n) is 1.97. The van der Waals surface area contributed by atoms with Gasteiger partial charge in [-0.3, -0.25) is 4.79 Å². The van der Waals surface area contributed by atoms with Crippen LogP contribution < -0.4 is 4.74 Å². The Hall–Kier alpha value is -1.81. The van der Waals surface area contributed by atoms with Crippen LogP contribution in [-0.2, 0) is 11.3 Å². The molecule has 1 amide bonds. The lowest BCUT2D eigenvalue weighted by Crippen LogP contribution is -2.34. The first-order valence-electron chi connectivity index (χ1n) is 6.89. The van der Waals surface area contributed by atoms with Gasteiger partial charge in [0, 0.05) is 13.1 Å². The Morgan fingerprint density at radius 3 is 2.43 bits per heavy atom. The van der Waals surface area contributed by atoms with Crippen LogP contribution in [0.2, 0.25) is 0 Å². The molecule has 0 atom stereocenters. The highest BCUT2D eigenvalue weighted by atomic mass is 79.9. The number of carbonyl (C=O) groups is 1. The number of likely N-dealkylation sites (N-methyl/N-ethyl adjacent to an activating group) is 1. The minimum atomic E-state index is -0.0166. The lowest BCUT2D eigenvalue weighted by molar-refractivity contribution is -0.133. The smallest absolute Gasteiger partial charge is 0.260 e. The molecule has 0 spiro atoms. The predicted octanol–water partition coefficient (Wildman–Crippen LogP) is 3.88. The zero-order valence-electron chi connectivity index (χ0n) is 12.0. The van der Waals surface area contributed by atoms with Gasteiger partial charge in [0.2, 0.25) is 0 Å². The number of carbonyl (C=O) groups excluding carboxylic acids is 1. The monoisotopic (exact) mass is 347 g/mol. The highest BCUT2D eigenvalue weighted by molar-refractivity contribution is 9.10. The summed E-state index contributed by atoms with van der Waals surface area (Å²) in [4.78, 5) is 14.0. The molecule has 0 N–H and O–H groups in total. The fourth-order valence-corrected chi connectivity index (χ4v) is 2.37. The molecule has 3 nitrogen and oxygen atoms in total. The minimum Gasteiger partial charge on any atom is -0.483 e. The summed E-state index contributed by atoms with van der Waals surface area (Å²) in [7, 11) is 0. The van der Waals surface area contributed by atoms with E-state index >= 15 is 0 Å². The Balaban J connectivity index is 1.93. The Morgan fingerprint density at radius 2 is 1.76 bits per heavy atom. The van der Waals surface area contributed by atoms with Crippen molar-refractivity contribution in [2.75, 3.05) is 13.2 Å². The molecule has 0 saturated heterocycles. The van der Waals surface area contributed by atoms with E-state index in [2.05, 4.69) is 15.9 Å². The van der Waals surface area contributed by atoms with Crippen molar-refractivity contribution in [2.24, 2.45) is 0 Å². The largest absolute Gasteiger partial charge is 0.483 e. The average molecular weight is 348 g/mol. The van der Waals surface area contributed by atoms with E-state index in [1.807, 2.05) is 61.5 Å². The molecule has 0 bridgehead atoms. The number of hydrogen-bond acceptors (Lipinski definition) is 2. The van der Waals surface area contributed by atoms with Crippen LogP contribution in [0, 0.1) is 0 Å². The molecule has 4 heteroatoms. The normalized spacial score (nSPS) is 10.2. The van der Waals surface area contributed by atoms with Crippen molar-refractivity contribution in [1.29, 1.82) is 0 Å². The maximum atomic E-state index is 12.2. The fraction of sp³-hybridized carbons (Fsp3) is 0.235. The summed E-state index contributed by atoms with van der Waals surface area (Å²) in [6, 6.07) is 17.5. The summed E-state index contributed by atoms with van der Waals surface area (Å²) >= 11 is 3.40. The molecule has 2 aromatic carbocycles. The number of hydrogen-bond donors (Lipinski definition) is 0. The van der Waals surface area contributed by atoms with Crippen molar-refractivity contribution >= 4 is 21.8 Å². The van der Waals surface area contributed by atoms with Crippen molar-refractivity contribution in [2.45, 2.75) is 13.5 Å². The summed E-state index contributed by atoms with van der Waals surface area (Å²) in [5.41, 5.74) is 1.12. The van der Waals surface area contributed by atoms with E-state index in [1.54, 1.807) is 4.90 Å². The number of nitrogens with zero attached hydrogens (tertiary/aromatic N) is 1. The van der Waals surface area contributed by atoms with Gasteiger partial charge < -0.3 is 9.64 Å². The third-order valence-corrected chi connectivity index (χ3v) is 3.79. The maximum absolute atomic E-state index is 12.2. The van der Waals surface area contributed by atoms with Crippen LogP contribution in [0.5, 0.6) is 5.75 Å². The number of amides is 1. The molecule has 21 heavy (non-hydrogen) atoms. The van der Waals surface area contributed by atoms with Gasteiger partial charge in [0.05, 0.1) is 4.47 Å². The topological polar surface area (TPSA) is 29.5 Å². The highest BCUT2D eigenvalue weighted by Gasteiger charge is 2.13. The SMILES string of the molecule is CCN(Cc1ccccc1)C(=O)COc1ccccc1Br. The van der Waals surface area contributed by atoms with Gasteiger partial charge in [0.25, 0.3) is 5.91 Å². The predicted molar refractivity (Wildman–Crippen MR) is 87.2 cm³/mol. The first-order chi connectivity index (χ1) is 10.2. The van der Waals surface area contributed by atoms with E-state index < -0.39 is 0 Å². The van der Waals surface area contributed by atoms with E-state index in [0.717, 1.165) is 10.0 Å². The summed E-state index contributed by atoms with van der Waals surface area (Å²) in [6.07, 6.45) is 0. The Morgan fingerprint density at radius 1 is 1.10 bits per heavy atom. The van der Waals surface area contributed by atoms with Gasteiger partial charge in [-0.1, -0.05) is 42.5 Å². The van der Waals surface area contributed by atoms with Crippen LogP contribution in [-0.4, -0.2) is 24.0 Å². The van der Waals surface area contributed by atoms with Crippen LogP contribution in [0.15, 0.2) is 59.1 Å². The van der Waals surface area contributed by atoms with Gasteiger partial charge >= 0.3 is 0 Å². The van der Waals surface area contributed by atoms with Gasteiger partial charge in [-0.2, -0.15) is 0 Å². The van der Waals surface area contributed by atoms with Gasteiger partial charge in [-0.05, 0) is 40.5 Å². The maximum Gasteiger partial charge on any atom is 0.260 e. The average Bonchev–Trinajstić information content (AvgIpc) is 2.52. The summed E-state index contributed by atoms with van der Waals surface area (Å²) in [5, 5.41) is 0. The third-order valence-electron chi connectivity index (χ3n) is 3.14. The quantitative estimate of drug-likeness (QED) is 0.793. The number of benzene rings is 2. The Kier molecular flexibility index (Phi) is 5.81. The molecule has 0 heterocycles. The van der Waals surface area contributed by atoms with Gasteiger partial charge in [-0.25, -0.2) is 0 Å². The number of halogens is 1. The van der Waals surface area contributed by atoms with Crippen molar-refractivity contribution in [3.8, 4) is 5.75 Å². The van der Waals surface area contributed by atoms with Crippen LogP contribution in [0.1, 0.15) is 12.5 Å². The molecule has 0 radical (unpaired) electrons. The first kappa shape index (κ1) is 15.6. The lowest BCUT2D eigenvalue weighted by atomic mass is 10.2. The molecule has 2 aromatic rings. The van der Waals surface area contributed by atoms with Crippen LogP contribution in [0.25, 0.3) is 0 Å². The second kappa shape index (κ2) is 7.84. The van der Waals surface area contributed by atoms with Crippen molar-refractivity contribution in [3.05, 3.63) is 64.6 Å². The Bertz CT molecular complexity index is 586. The zero-order chi connectivity index (χ0) is 15.1. The number of rotatable bonds is 6. The second-order valence-corrected chi connectivity index (χ2v) is 5.47. The zero-order valence-corrected chi connectivity index (χ0v) is 13.5. The van der Waals surface area contributed by atoms with E-state index in [-0.39, 0.29) is 12.5 Å². The third kappa shape index (κ3) is 4.60. The molecule has 0 unspecified atom stereocenters. The molecule has 0 aliphatic heterocycles. The highest BCUT2D eigenvalue weighted by Crippen LogP contribution is 2.23. The number of ether oxygens (including phenoxy) is 1. The van der Waals surface area contributed by atoms with Gasteiger partial charge in [0.1, 0.15) is 5.75 Å². The first-order valence-corrected chi connectivity index (χ1v) is 7.69. The van der Waals surface area contributed by atoms with Crippen molar-refractivity contribution in [3.63, 3.8) is 0 Å². The van der Waals surface area contributed by atoms with E-state index in [4.69, 9.17) is 4.74 Å². The van der Waals surface area contributed by atoms with E-state index in [9.17, 15) is 4.79 Å². The molecule has 0 fully saturated rings. The van der Waals surface area contributed by atoms with Gasteiger partial charge in [-0.15, -0.1) is 0 Å². The van der Waals surface area contributed by atoms with Crippen LogP contribution in [0.3, 0.4) is 0 Å². The summed E-state index contributed by atoms with van der Waals surface area (Å²) in [6.45, 7) is 3.28. The van der Waals surface area contributed by atoms with E-state index in [1.165, 1.54) is 0 Å². The van der Waals surface area contributed by atoms with Crippen molar-refractivity contribution < 1.29 is 9.53 Å². The minimum absolute atomic E-state index is 0.0166. The molecule has 0 saturated carbocycles. The molecule has 0 aliphatic carbocycles. The Labute approximate surface area is 133 Å². The molecule has 110 valence electrons. The van der Waals surface area contributed by atoms with Crippen molar-refractivity contribution in [1.82, 2.24) is 4.90 Å². The second-order valence-electron chi connectivity index (χ2n) is 4.61. The van der Waals surface area contributed by atoms with E-state index in [0.29, 0.717) is 18.8 Å². The van der Waals surface area contributed by atoms with Gasteiger partial charge in [0.15, 0.2) is 6.61 Å². The number of para-hydroxylation sites is 1. The molecular formula is C17H18BrNO2. The summed E-state index contributed by atoms with van der Waals surface area (Å²) in [5.74, 6) is 0.665. The van der Waals surface area contributed by atoms with Crippen LogP contribution >= 0.6 is 15.9 Å². The molecule has 2 rings (SSSR count). The standard InChI is InChI=1S/C17H18BrNO2/c1-2-19(12-14-8-4-3-5-9-14)17(20)13-21-16-11-7-6-10-15(16)18/h3-11H,2,12-13H2,1H3.